The van der Waals surface area contributed by atoms with Gasteiger partial charge in [-0.05, 0) is 12.8 Å². The Morgan fingerprint density at radius 3 is 2.41 bits per heavy atom. The van der Waals surface area contributed by atoms with E-state index >= 15 is 0 Å². The molecule has 1 rings (SSSR count). The summed E-state index contributed by atoms with van der Waals surface area (Å²) in [6.07, 6.45) is 1.19. The Balaban J connectivity index is 3.00. The largest absolute Gasteiger partial charge is 0.370 e. The van der Waals surface area contributed by atoms with E-state index in [1.807, 2.05) is 13.8 Å². The van der Waals surface area contributed by atoms with Gasteiger partial charge in [0.05, 0.1) is 0 Å². The average molecular weight is 243 g/mol. The highest BCUT2D eigenvalue weighted by Crippen LogP contribution is 2.30. The Bertz CT molecular complexity index is 324. The van der Waals surface area contributed by atoms with Crippen molar-refractivity contribution in [3.05, 3.63) is 11.7 Å². The number of ether oxygens (including phenoxy) is 2. The zero-order chi connectivity index (χ0) is 12.9. The van der Waals surface area contributed by atoms with E-state index in [9.17, 15) is 0 Å². The van der Waals surface area contributed by atoms with Crippen LogP contribution in [0.5, 0.6) is 0 Å². The van der Waals surface area contributed by atoms with Crippen LogP contribution in [0.15, 0.2) is 4.52 Å². The second kappa shape index (κ2) is 6.09. The lowest BCUT2D eigenvalue weighted by Gasteiger charge is -2.25. The molecule has 6 heteroatoms. The fourth-order valence-corrected chi connectivity index (χ4v) is 1.80. The van der Waals surface area contributed by atoms with E-state index in [2.05, 4.69) is 10.1 Å². The number of hydrogen-bond donors (Lipinski definition) is 1. The molecule has 0 spiro atoms. The third-order valence-electron chi connectivity index (χ3n) is 3.16. The maximum atomic E-state index is 5.55. The molecule has 98 valence electrons. The molecular weight excluding hydrogens is 222 g/mol. The van der Waals surface area contributed by atoms with Gasteiger partial charge in [-0.1, -0.05) is 19.0 Å². The summed E-state index contributed by atoms with van der Waals surface area (Å²) in [6, 6.07) is 0. The molecule has 1 unspecified atom stereocenters. The van der Waals surface area contributed by atoms with Crippen LogP contribution in [0.1, 0.15) is 44.5 Å². The first-order valence-corrected chi connectivity index (χ1v) is 5.79. The number of aromatic nitrogens is 2. The van der Waals surface area contributed by atoms with Gasteiger partial charge in [0.2, 0.25) is 5.82 Å². The molecule has 0 radical (unpaired) electrons. The van der Waals surface area contributed by atoms with Gasteiger partial charge < -0.3 is 19.7 Å². The number of nitrogens with zero attached hydrogens (tertiary/aromatic N) is 2. The Morgan fingerprint density at radius 1 is 1.35 bits per heavy atom. The standard InChI is InChI=1S/C11H21N3O3/c1-5-11(6-2,16-4)10-13-9(17-14-10)8(7-12)15-3/h8H,5-7,12H2,1-4H3. The summed E-state index contributed by atoms with van der Waals surface area (Å²) in [6.45, 7) is 4.36. The monoisotopic (exact) mass is 243 g/mol. The van der Waals surface area contributed by atoms with Crippen LogP contribution in [0.4, 0.5) is 0 Å². The smallest absolute Gasteiger partial charge is 0.257 e. The topological polar surface area (TPSA) is 83.4 Å². The molecule has 0 bridgehead atoms. The number of nitrogens with two attached hydrogens (primary N) is 1. The minimum Gasteiger partial charge on any atom is -0.370 e. The van der Waals surface area contributed by atoms with E-state index < -0.39 is 5.60 Å². The molecule has 0 saturated carbocycles. The lowest BCUT2D eigenvalue weighted by molar-refractivity contribution is -0.0306. The summed E-state index contributed by atoms with van der Waals surface area (Å²) in [5, 5.41) is 3.97. The lowest BCUT2D eigenvalue weighted by atomic mass is 9.96. The zero-order valence-electron chi connectivity index (χ0n) is 10.9. The highest BCUT2D eigenvalue weighted by Gasteiger charge is 2.34. The van der Waals surface area contributed by atoms with E-state index in [1.165, 1.54) is 0 Å². The summed E-state index contributed by atoms with van der Waals surface area (Å²) in [5.41, 5.74) is 5.06. The van der Waals surface area contributed by atoms with Crippen LogP contribution >= 0.6 is 0 Å². The minimum absolute atomic E-state index is 0.302. The quantitative estimate of drug-likeness (QED) is 0.778. The number of rotatable bonds is 7. The van der Waals surface area contributed by atoms with Crippen LogP contribution < -0.4 is 5.73 Å². The van der Waals surface area contributed by atoms with Crippen molar-refractivity contribution in [1.29, 1.82) is 0 Å². The normalized spacial score (nSPS) is 13.9. The summed E-state index contributed by atoms with van der Waals surface area (Å²) in [4.78, 5) is 4.33. The molecule has 1 atom stereocenters. The molecule has 1 aromatic heterocycles. The maximum Gasteiger partial charge on any atom is 0.257 e. The lowest BCUT2D eigenvalue weighted by Crippen LogP contribution is -2.28. The van der Waals surface area contributed by atoms with Crippen molar-refractivity contribution in [3.8, 4) is 0 Å². The first kappa shape index (κ1) is 14.1. The van der Waals surface area contributed by atoms with Gasteiger partial charge in [-0.25, -0.2) is 0 Å². The van der Waals surface area contributed by atoms with Gasteiger partial charge in [0.1, 0.15) is 11.7 Å². The second-order valence-electron chi connectivity index (χ2n) is 3.82. The van der Waals surface area contributed by atoms with Gasteiger partial charge in [0, 0.05) is 20.8 Å². The molecule has 0 amide bonds. The van der Waals surface area contributed by atoms with Crippen molar-refractivity contribution in [2.24, 2.45) is 5.73 Å². The van der Waals surface area contributed by atoms with Crippen LogP contribution in [0.25, 0.3) is 0 Å². The van der Waals surface area contributed by atoms with Crippen molar-refractivity contribution in [1.82, 2.24) is 10.1 Å². The minimum atomic E-state index is -0.491. The van der Waals surface area contributed by atoms with Gasteiger partial charge in [-0.15, -0.1) is 0 Å². The molecule has 0 aliphatic heterocycles. The molecule has 0 aliphatic rings. The van der Waals surface area contributed by atoms with Gasteiger partial charge in [-0.2, -0.15) is 4.98 Å². The number of hydrogen-bond acceptors (Lipinski definition) is 6. The molecule has 0 fully saturated rings. The van der Waals surface area contributed by atoms with Crippen LogP contribution in [0.2, 0.25) is 0 Å². The third-order valence-corrected chi connectivity index (χ3v) is 3.16. The van der Waals surface area contributed by atoms with E-state index in [1.54, 1.807) is 14.2 Å². The first-order chi connectivity index (χ1) is 8.17. The molecule has 0 saturated heterocycles. The van der Waals surface area contributed by atoms with Gasteiger partial charge in [0.25, 0.3) is 5.89 Å². The molecule has 1 aromatic rings. The van der Waals surface area contributed by atoms with Crippen LogP contribution in [-0.2, 0) is 15.1 Å². The molecule has 0 aliphatic carbocycles. The van der Waals surface area contributed by atoms with Crippen molar-refractivity contribution < 1.29 is 14.0 Å². The van der Waals surface area contributed by atoms with Crippen molar-refractivity contribution >= 4 is 0 Å². The van der Waals surface area contributed by atoms with Crippen LogP contribution in [0, 0.1) is 0 Å². The molecule has 2 N–H and O–H groups in total. The van der Waals surface area contributed by atoms with E-state index in [4.69, 9.17) is 19.7 Å². The highest BCUT2D eigenvalue weighted by atomic mass is 16.5. The van der Waals surface area contributed by atoms with Gasteiger partial charge in [0.15, 0.2) is 0 Å². The second-order valence-corrected chi connectivity index (χ2v) is 3.82. The molecule has 6 nitrogen and oxygen atoms in total. The molecule has 0 aromatic carbocycles. The van der Waals surface area contributed by atoms with E-state index in [0.29, 0.717) is 18.3 Å². The Labute approximate surface area is 101 Å². The van der Waals surface area contributed by atoms with E-state index in [0.717, 1.165) is 12.8 Å². The Hall–Kier alpha value is -0.980. The highest BCUT2D eigenvalue weighted by molar-refractivity contribution is 5.02. The van der Waals surface area contributed by atoms with Crippen molar-refractivity contribution in [2.75, 3.05) is 20.8 Å². The van der Waals surface area contributed by atoms with Crippen molar-refractivity contribution in [3.63, 3.8) is 0 Å². The predicted octanol–water partition coefficient (Wildman–Crippen LogP) is 1.38. The van der Waals surface area contributed by atoms with E-state index in [-0.39, 0.29) is 6.10 Å². The molecule has 17 heavy (non-hydrogen) atoms. The Morgan fingerprint density at radius 2 is 2.00 bits per heavy atom. The molecule has 1 heterocycles. The third kappa shape index (κ3) is 2.65. The predicted molar refractivity (Wildman–Crippen MR) is 62.4 cm³/mol. The summed E-state index contributed by atoms with van der Waals surface area (Å²) >= 11 is 0. The van der Waals surface area contributed by atoms with Gasteiger partial charge in [-0.3, -0.25) is 0 Å². The number of methoxy groups -OCH3 is 2. The summed E-state index contributed by atoms with van der Waals surface area (Å²) in [7, 11) is 3.21. The summed E-state index contributed by atoms with van der Waals surface area (Å²) in [5.74, 6) is 0.948. The molecular formula is C11H21N3O3. The van der Waals surface area contributed by atoms with Crippen LogP contribution in [0.3, 0.4) is 0 Å². The first-order valence-electron chi connectivity index (χ1n) is 5.79. The average Bonchev–Trinajstić information content (AvgIpc) is 2.84. The maximum absolute atomic E-state index is 5.55. The van der Waals surface area contributed by atoms with Crippen molar-refractivity contribution in [2.45, 2.75) is 38.4 Å². The zero-order valence-corrected chi connectivity index (χ0v) is 10.9. The fraction of sp³-hybridized carbons (Fsp3) is 0.818. The fourth-order valence-electron chi connectivity index (χ4n) is 1.80. The Kier molecular flexibility index (Phi) is 5.04. The summed E-state index contributed by atoms with van der Waals surface area (Å²) < 4.78 is 15.8. The SMILES string of the molecule is CCC(CC)(OC)c1noc(C(CN)OC)n1. The van der Waals surface area contributed by atoms with Gasteiger partial charge >= 0.3 is 0 Å². The van der Waals surface area contributed by atoms with Crippen LogP contribution in [-0.4, -0.2) is 30.9 Å².